The summed E-state index contributed by atoms with van der Waals surface area (Å²) >= 11 is -0.0602. The summed E-state index contributed by atoms with van der Waals surface area (Å²) in [6.07, 6.45) is 8.31. The number of unbranched alkanes of at least 4 members (excludes halogenated alkanes) is 1. The van der Waals surface area contributed by atoms with Crippen molar-refractivity contribution in [3.63, 3.8) is 0 Å². The summed E-state index contributed by atoms with van der Waals surface area (Å²) in [5, 5.41) is 3.16. The van der Waals surface area contributed by atoms with E-state index in [1.807, 2.05) is 6.08 Å². The van der Waals surface area contributed by atoms with Gasteiger partial charge in [0.1, 0.15) is 0 Å². The molecule has 3 aliphatic rings. The van der Waals surface area contributed by atoms with Gasteiger partial charge in [0.05, 0.1) is 0 Å². The number of allylic oxidation sites excluding steroid dienone is 8. The van der Waals surface area contributed by atoms with Crippen molar-refractivity contribution in [1.29, 1.82) is 0 Å². The van der Waals surface area contributed by atoms with Crippen molar-refractivity contribution in [1.82, 2.24) is 0 Å². The first-order valence-electron chi connectivity index (χ1n) is 7.75. The van der Waals surface area contributed by atoms with Crippen LogP contribution in [0.1, 0.15) is 12.8 Å². The first kappa shape index (κ1) is 21.4. The van der Waals surface area contributed by atoms with Gasteiger partial charge in [0, 0.05) is 0 Å². The second-order valence-electron chi connectivity index (χ2n) is 6.78. The molecule has 0 atom stereocenters. The van der Waals surface area contributed by atoms with Crippen LogP contribution in [0.15, 0.2) is 43.6 Å². The fraction of sp³-hybridized carbons (Fsp3) is 0.438. The van der Waals surface area contributed by atoms with Gasteiger partial charge in [0.15, 0.2) is 0 Å². The number of rotatable bonds is 7. The van der Waals surface area contributed by atoms with Gasteiger partial charge in [0.2, 0.25) is 0 Å². The number of carbonyl (C=O) groups is 1. The third-order valence-corrected chi connectivity index (χ3v) is 9.68. The SMILES string of the molecule is C[Si](C)(C)OCCC[CH2][Ti+2][C]1=C2[SiH2]C2=C2C(=O)C=CC=C12.[Cl-].[Cl-]. The Balaban J connectivity index is 0.00000132. The average Bonchev–Trinajstić information content (AvgIpc) is 3.10. The zero-order chi connectivity index (χ0) is 15.0. The molecule has 7 heteroatoms. The van der Waals surface area contributed by atoms with Crippen LogP contribution in [-0.4, -0.2) is 30.2 Å². The minimum atomic E-state index is -1.33. The van der Waals surface area contributed by atoms with Crippen molar-refractivity contribution < 1.29 is 53.2 Å². The summed E-state index contributed by atoms with van der Waals surface area (Å²) in [6, 6.07) is 0. The van der Waals surface area contributed by atoms with Crippen molar-refractivity contribution in [3.8, 4) is 0 Å². The summed E-state index contributed by atoms with van der Waals surface area (Å²) < 4.78 is 8.88. The molecule has 23 heavy (non-hydrogen) atoms. The smallest absolute Gasteiger partial charge is 1.00 e. The number of ketones is 1. The van der Waals surface area contributed by atoms with E-state index in [2.05, 4.69) is 25.7 Å². The monoisotopic (exact) mass is 420 g/mol. The van der Waals surface area contributed by atoms with Crippen LogP contribution >= 0.6 is 0 Å². The van der Waals surface area contributed by atoms with Crippen molar-refractivity contribution in [2.45, 2.75) is 37.2 Å². The molecule has 0 unspecified atom stereocenters. The third-order valence-electron chi connectivity index (χ3n) is 3.90. The molecule has 124 valence electrons. The fourth-order valence-electron chi connectivity index (χ4n) is 2.85. The summed E-state index contributed by atoms with van der Waals surface area (Å²) in [6.45, 7) is 7.68. The Labute approximate surface area is 163 Å². The second-order valence-corrected chi connectivity index (χ2v) is 15.2. The van der Waals surface area contributed by atoms with Gasteiger partial charge in [0.25, 0.3) is 0 Å². The minimum absolute atomic E-state index is 0. The molecular formula is C16H22Cl2O2Si2Ti. The maximum atomic E-state index is 12.0. The van der Waals surface area contributed by atoms with Gasteiger partial charge < -0.3 is 24.8 Å². The molecule has 1 aliphatic heterocycles. The van der Waals surface area contributed by atoms with Crippen molar-refractivity contribution in [2.75, 3.05) is 6.61 Å². The number of carbonyl (C=O) groups excluding carboxylic acids is 1. The molecule has 1 saturated heterocycles. The Kier molecular flexibility index (Phi) is 8.00. The van der Waals surface area contributed by atoms with Crippen LogP contribution in [0, 0.1) is 0 Å². The largest absolute Gasteiger partial charge is 1.00 e. The Bertz CT molecular complexity index is 616. The molecule has 0 N–H and O–H groups in total. The molecule has 1 heterocycles. The van der Waals surface area contributed by atoms with Gasteiger partial charge in [-0.3, -0.25) is 0 Å². The topological polar surface area (TPSA) is 26.3 Å². The van der Waals surface area contributed by atoms with Crippen LogP contribution in [0.3, 0.4) is 0 Å². The molecule has 0 radical (unpaired) electrons. The fourth-order valence-corrected chi connectivity index (χ4v) is 8.58. The van der Waals surface area contributed by atoms with Crippen molar-refractivity contribution in [3.05, 3.63) is 43.6 Å². The molecule has 2 aliphatic carbocycles. The van der Waals surface area contributed by atoms with E-state index in [0.717, 1.165) is 12.2 Å². The number of hydrogen-bond acceptors (Lipinski definition) is 2. The molecule has 0 spiro atoms. The molecule has 0 bridgehead atoms. The molecule has 2 nitrogen and oxygen atoms in total. The Morgan fingerprint density at radius 2 is 1.91 bits per heavy atom. The van der Waals surface area contributed by atoms with Crippen LogP contribution in [0.2, 0.25) is 24.4 Å². The van der Waals surface area contributed by atoms with E-state index in [1.165, 1.54) is 28.3 Å². The van der Waals surface area contributed by atoms with Crippen LogP contribution in [-0.2, 0) is 28.4 Å². The van der Waals surface area contributed by atoms with Gasteiger partial charge in [-0.2, -0.15) is 0 Å². The summed E-state index contributed by atoms with van der Waals surface area (Å²) in [5.41, 5.74) is 2.41. The quantitative estimate of drug-likeness (QED) is 0.321. The Hall–Kier alpha value is 0.318. The van der Waals surface area contributed by atoms with E-state index >= 15 is 0 Å². The molecule has 0 aromatic heterocycles. The third kappa shape index (κ3) is 5.14. The van der Waals surface area contributed by atoms with Crippen molar-refractivity contribution in [2.24, 2.45) is 0 Å². The van der Waals surface area contributed by atoms with E-state index in [1.54, 1.807) is 15.2 Å². The number of hydrogen-bond donors (Lipinski definition) is 0. The summed E-state index contributed by atoms with van der Waals surface area (Å²) in [4.78, 5) is 12.0. The van der Waals surface area contributed by atoms with Crippen LogP contribution in [0.5, 0.6) is 0 Å². The maximum absolute atomic E-state index is 12.0. The molecule has 1 fully saturated rings. The van der Waals surface area contributed by atoms with Gasteiger partial charge in [-0.05, 0) is 0 Å². The zero-order valence-corrected chi connectivity index (χ0v) is 19.3. The number of halogens is 2. The predicted octanol–water partition coefficient (Wildman–Crippen LogP) is -3.15. The van der Waals surface area contributed by atoms with E-state index < -0.39 is 8.32 Å². The average molecular weight is 421 g/mol. The first-order chi connectivity index (χ1) is 9.97. The second kappa shape index (κ2) is 8.61. The van der Waals surface area contributed by atoms with Gasteiger partial charge in [-0.25, -0.2) is 0 Å². The first-order valence-corrected chi connectivity index (χ1v) is 14.5. The summed E-state index contributed by atoms with van der Waals surface area (Å²) in [7, 11) is -1.47. The van der Waals surface area contributed by atoms with Crippen LogP contribution in [0.25, 0.3) is 0 Å². The maximum Gasteiger partial charge on any atom is -1.00 e. The molecular weight excluding hydrogens is 399 g/mol. The summed E-state index contributed by atoms with van der Waals surface area (Å²) in [5.74, 6) is 0.259. The molecule has 0 aromatic carbocycles. The molecule has 0 saturated carbocycles. The predicted molar refractivity (Wildman–Crippen MR) is 88.2 cm³/mol. The van der Waals surface area contributed by atoms with Gasteiger partial charge in [-0.15, -0.1) is 0 Å². The molecule has 3 rings (SSSR count). The normalized spacial score (nSPS) is 18.9. The number of fused-ring (bicyclic) bond motifs is 2. The van der Waals surface area contributed by atoms with E-state index in [9.17, 15) is 4.79 Å². The molecule has 0 amide bonds. The van der Waals surface area contributed by atoms with Crippen LogP contribution < -0.4 is 24.8 Å². The van der Waals surface area contributed by atoms with E-state index in [-0.39, 0.29) is 59.3 Å². The van der Waals surface area contributed by atoms with Gasteiger partial charge >= 0.3 is 139 Å². The Morgan fingerprint density at radius 3 is 2.61 bits per heavy atom. The van der Waals surface area contributed by atoms with Crippen LogP contribution in [0.4, 0.5) is 0 Å². The van der Waals surface area contributed by atoms with E-state index in [4.69, 9.17) is 4.43 Å². The minimum Gasteiger partial charge on any atom is -1.00 e. The van der Waals surface area contributed by atoms with Crippen molar-refractivity contribution >= 4 is 23.6 Å². The van der Waals surface area contributed by atoms with Gasteiger partial charge in [-0.1, -0.05) is 0 Å². The molecule has 0 aromatic rings. The Morgan fingerprint density at radius 1 is 1.17 bits per heavy atom. The standard InChI is InChI=1S/C9H5OSi.C7H17OSi.2ClH.Ti/c10-6-3-1-2-5-4-7-9(11-7)8(5)6;1-5-6-7-8-9(2,3)4;;;/h1-3H,11H2;1,5-7H2,2-4H3;2*1H;/q;;;;+2/p-2. The van der Waals surface area contributed by atoms with E-state index in [0.29, 0.717) is 0 Å². The zero-order valence-electron chi connectivity index (χ0n) is 13.8.